The van der Waals surface area contributed by atoms with Gasteiger partial charge in [-0.15, -0.1) is 12.4 Å². The number of halogens is 2. The molecular formula is C15H21Cl2N3O2. The van der Waals surface area contributed by atoms with E-state index in [1.54, 1.807) is 0 Å². The van der Waals surface area contributed by atoms with E-state index in [2.05, 4.69) is 16.3 Å². The molecule has 1 aromatic rings. The number of hydrogen-bond acceptors (Lipinski definition) is 4. The molecule has 1 unspecified atom stereocenters. The van der Waals surface area contributed by atoms with E-state index in [1.807, 2.05) is 23.1 Å². The van der Waals surface area contributed by atoms with E-state index in [0.29, 0.717) is 13.2 Å². The number of amides is 1. The summed E-state index contributed by atoms with van der Waals surface area (Å²) in [4.78, 5) is 16.5. The first kappa shape index (κ1) is 17.3. The van der Waals surface area contributed by atoms with Gasteiger partial charge in [0.25, 0.3) is 5.91 Å². The predicted molar refractivity (Wildman–Crippen MR) is 90.1 cm³/mol. The third kappa shape index (κ3) is 4.04. The molecule has 0 spiro atoms. The van der Waals surface area contributed by atoms with Crippen molar-refractivity contribution in [2.24, 2.45) is 0 Å². The van der Waals surface area contributed by atoms with Gasteiger partial charge in [-0.05, 0) is 18.2 Å². The van der Waals surface area contributed by atoms with Gasteiger partial charge in [-0.25, -0.2) is 0 Å². The number of nitrogens with one attached hydrogen (secondary N) is 1. The predicted octanol–water partition coefficient (Wildman–Crippen LogP) is 1.40. The number of hydrogen-bond donors (Lipinski definition) is 1. The molecule has 0 bridgehead atoms. The van der Waals surface area contributed by atoms with Crippen LogP contribution in [-0.2, 0) is 9.53 Å². The molecule has 7 heteroatoms. The van der Waals surface area contributed by atoms with Gasteiger partial charge >= 0.3 is 0 Å². The van der Waals surface area contributed by atoms with E-state index in [1.165, 1.54) is 0 Å². The average Bonchev–Trinajstić information content (AvgIpc) is 2.55. The van der Waals surface area contributed by atoms with Crippen LogP contribution in [0, 0.1) is 0 Å². The monoisotopic (exact) mass is 345 g/mol. The van der Waals surface area contributed by atoms with Crippen molar-refractivity contribution in [3.8, 4) is 0 Å². The van der Waals surface area contributed by atoms with Crippen molar-refractivity contribution in [1.29, 1.82) is 0 Å². The zero-order chi connectivity index (χ0) is 14.7. The molecule has 1 amide bonds. The summed E-state index contributed by atoms with van der Waals surface area (Å²) < 4.78 is 5.54. The number of carbonyl (C=O) groups excluding carboxylic acids is 1. The molecule has 2 saturated heterocycles. The van der Waals surface area contributed by atoms with Crippen LogP contribution in [0.2, 0.25) is 5.02 Å². The molecule has 0 aromatic heterocycles. The fourth-order valence-electron chi connectivity index (χ4n) is 2.79. The van der Waals surface area contributed by atoms with Gasteiger partial charge < -0.3 is 19.9 Å². The van der Waals surface area contributed by atoms with E-state index in [4.69, 9.17) is 16.3 Å². The second-order valence-electron chi connectivity index (χ2n) is 5.36. The lowest BCUT2D eigenvalue weighted by atomic mass is 10.2. The zero-order valence-corrected chi connectivity index (χ0v) is 13.9. The number of anilines is 1. The van der Waals surface area contributed by atoms with Gasteiger partial charge in [0.1, 0.15) is 6.10 Å². The van der Waals surface area contributed by atoms with Gasteiger partial charge in [-0.1, -0.05) is 17.7 Å². The van der Waals surface area contributed by atoms with E-state index in [-0.39, 0.29) is 24.4 Å². The molecule has 5 nitrogen and oxygen atoms in total. The molecule has 1 atom stereocenters. The zero-order valence-electron chi connectivity index (χ0n) is 12.3. The average molecular weight is 346 g/mol. The molecule has 2 heterocycles. The van der Waals surface area contributed by atoms with Crippen molar-refractivity contribution in [2.45, 2.75) is 6.10 Å². The quantitative estimate of drug-likeness (QED) is 0.879. The third-order valence-corrected chi connectivity index (χ3v) is 4.20. The van der Waals surface area contributed by atoms with Crippen LogP contribution in [0.4, 0.5) is 5.69 Å². The third-order valence-electron chi connectivity index (χ3n) is 3.97. The minimum Gasteiger partial charge on any atom is -0.368 e. The fourth-order valence-corrected chi connectivity index (χ4v) is 2.97. The molecule has 2 fully saturated rings. The highest BCUT2D eigenvalue weighted by atomic mass is 35.5. The topological polar surface area (TPSA) is 44.8 Å². The number of rotatable bonds is 2. The second kappa shape index (κ2) is 8.02. The van der Waals surface area contributed by atoms with E-state index >= 15 is 0 Å². The Bertz CT molecular complexity index is 501. The van der Waals surface area contributed by atoms with Gasteiger partial charge in [0.2, 0.25) is 0 Å². The van der Waals surface area contributed by atoms with Crippen LogP contribution in [0.1, 0.15) is 0 Å². The minimum absolute atomic E-state index is 0. The molecule has 3 rings (SSSR count). The van der Waals surface area contributed by atoms with Crippen molar-refractivity contribution in [2.75, 3.05) is 50.8 Å². The molecular weight excluding hydrogens is 325 g/mol. The van der Waals surface area contributed by atoms with Crippen LogP contribution >= 0.6 is 24.0 Å². The van der Waals surface area contributed by atoms with E-state index in [0.717, 1.165) is 43.4 Å². The van der Waals surface area contributed by atoms with Crippen LogP contribution < -0.4 is 10.2 Å². The summed E-state index contributed by atoms with van der Waals surface area (Å²) in [6.07, 6.45) is -0.323. The summed E-state index contributed by atoms with van der Waals surface area (Å²) in [6.45, 7) is 5.16. The Kier molecular flexibility index (Phi) is 6.32. The van der Waals surface area contributed by atoms with Crippen molar-refractivity contribution in [3.05, 3.63) is 29.3 Å². The number of carbonyl (C=O) groups is 1. The Labute approximate surface area is 142 Å². The van der Waals surface area contributed by atoms with Gasteiger partial charge in [-0.3, -0.25) is 4.79 Å². The summed E-state index contributed by atoms with van der Waals surface area (Å²) in [5.74, 6) is 0.105. The van der Waals surface area contributed by atoms with Crippen LogP contribution in [-0.4, -0.2) is 62.8 Å². The summed E-state index contributed by atoms with van der Waals surface area (Å²) >= 11 is 6.03. The van der Waals surface area contributed by atoms with Crippen LogP contribution in [0.25, 0.3) is 0 Å². The van der Waals surface area contributed by atoms with Crippen LogP contribution in [0.3, 0.4) is 0 Å². The normalized spacial score (nSPS) is 22.1. The molecule has 22 heavy (non-hydrogen) atoms. The van der Waals surface area contributed by atoms with Crippen LogP contribution in [0.15, 0.2) is 24.3 Å². The summed E-state index contributed by atoms with van der Waals surface area (Å²) in [5, 5.41) is 3.94. The highest BCUT2D eigenvalue weighted by Crippen LogP contribution is 2.21. The summed E-state index contributed by atoms with van der Waals surface area (Å²) in [7, 11) is 0. The van der Waals surface area contributed by atoms with E-state index in [9.17, 15) is 4.79 Å². The fraction of sp³-hybridized carbons (Fsp3) is 0.533. The van der Waals surface area contributed by atoms with Gasteiger partial charge in [-0.2, -0.15) is 0 Å². The molecule has 0 radical (unpaired) electrons. The molecule has 2 aliphatic rings. The van der Waals surface area contributed by atoms with Gasteiger partial charge in [0.05, 0.1) is 6.61 Å². The van der Waals surface area contributed by atoms with Crippen molar-refractivity contribution < 1.29 is 9.53 Å². The Hall–Kier alpha value is -1.01. The molecule has 122 valence electrons. The number of ether oxygens (including phenoxy) is 1. The molecule has 1 aromatic carbocycles. The number of benzene rings is 1. The smallest absolute Gasteiger partial charge is 0.253 e. The lowest BCUT2D eigenvalue weighted by molar-refractivity contribution is -0.145. The standard InChI is InChI=1S/C15H20ClN3O2.ClH/c16-12-2-1-3-13(10-12)18-5-7-19(8-6-18)15(20)14-11-17-4-9-21-14;/h1-3,10,14,17H,4-9,11H2;1H. The Morgan fingerprint density at radius 1 is 1.27 bits per heavy atom. The lowest BCUT2D eigenvalue weighted by Crippen LogP contribution is -2.55. The Morgan fingerprint density at radius 2 is 2.05 bits per heavy atom. The van der Waals surface area contributed by atoms with Crippen molar-refractivity contribution in [1.82, 2.24) is 10.2 Å². The summed E-state index contributed by atoms with van der Waals surface area (Å²) in [6, 6.07) is 7.85. The molecule has 1 N–H and O–H groups in total. The maximum absolute atomic E-state index is 12.4. The van der Waals surface area contributed by atoms with Gasteiger partial charge in [0, 0.05) is 50.0 Å². The highest BCUT2D eigenvalue weighted by molar-refractivity contribution is 6.30. The molecule has 0 aliphatic carbocycles. The first-order valence-electron chi connectivity index (χ1n) is 7.36. The first-order chi connectivity index (χ1) is 10.2. The maximum Gasteiger partial charge on any atom is 0.253 e. The van der Waals surface area contributed by atoms with Gasteiger partial charge in [0.15, 0.2) is 0 Å². The van der Waals surface area contributed by atoms with Crippen molar-refractivity contribution >= 4 is 35.6 Å². The minimum atomic E-state index is -0.323. The van der Waals surface area contributed by atoms with Crippen LogP contribution in [0.5, 0.6) is 0 Å². The SMILES string of the molecule is Cl.O=C(C1CNCCO1)N1CCN(c2cccc(Cl)c2)CC1. The van der Waals surface area contributed by atoms with E-state index < -0.39 is 0 Å². The maximum atomic E-state index is 12.4. The largest absolute Gasteiger partial charge is 0.368 e. The summed E-state index contributed by atoms with van der Waals surface area (Å²) in [5.41, 5.74) is 1.12. The van der Waals surface area contributed by atoms with Crippen molar-refractivity contribution in [3.63, 3.8) is 0 Å². The molecule has 0 saturated carbocycles. The Morgan fingerprint density at radius 3 is 2.68 bits per heavy atom. The second-order valence-corrected chi connectivity index (χ2v) is 5.79. The number of nitrogens with zero attached hydrogens (tertiary/aromatic N) is 2. The number of morpholine rings is 1. The molecule has 2 aliphatic heterocycles. The number of piperazine rings is 1. The highest BCUT2D eigenvalue weighted by Gasteiger charge is 2.29. The Balaban J connectivity index is 0.00000176. The lowest BCUT2D eigenvalue weighted by Gasteiger charge is -2.38. The first-order valence-corrected chi connectivity index (χ1v) is 7.73.